The van der Waals surface area contributed by atoms with E-state index < -0.39 is 27.7 Å². The average molecular weight is 390 g/mol. The molecule has 2 saturated heterocycles. The highest BCUT2D eigenvalue weighted by molar-refractivity contribution is 7.91. The summed E-state index contributed by atoms with van der Waals surface area (Å²) in [4.78, 5) is 16.1. The zero-order chi connectivity index (χ0) is 19.2. The molecule has 0 unspecified atom stereocenters. The van der Waals surface area contributed by atoms with Crippen LogP contribution in [-0.4, -0.2) is 44.6 Å². The molecule has 0 bridgehead atoms. The number of hydrogen-bond acceptors (Lipinski definition) is 4. The van der Waals surface area contributed by atoms with Crippen LogP contribution in [0.15, 0.2) is 48.5 Å². The Bertz CT molecular complexity index is 960. The van der Waals surface area contributed by atoms with Crippen LogP contribution < -0.4 is 14.5 Å². The van der Waals surface area contributed by atoms with Crippen molar-refractivity contribution in [1.29, 1.82) is 0 Å². The summed E-state index contributed by atoms with van der Waals surface area (Å²) in [7, 11) is -3.27. The molecule has 0 N–H and O–H groups in total. The van der Waals surface area contributed by atoms with E-state index in [1.54, 1.807) is 24.3 Å². The second-order valence-electron chi connectivity index (χ2n) is 6.64. The molecule has 2 aromatic rings. The first-order chi connectivity index (χ1) is 12.9. The van der Waals surface area contributed by atoms with E-state index in [0.29, 0.717) is 23.7 Å². The van der Waals surface area contributed by atoms with Crippen molar-refractivity contribution in [2.45, 2.75) is 19.0 Å². The maximum atomic E-state index is 13.3. The van der Waals surface area contributed by atoms with Crippen LogP contribution in [0.4, 0.5) is 20.6 Å². The normalized spacial score (nSPS) is 23.6. The van der Waals surface area contributed by atoms with Crippen molar-refractivity contribution in [3.05, 3.63) is 54.3 Å². The molecule has 2 heterocycles. The van der Waals surface area contributed by atoms with Crippen LogP contribution in [0.5, 0.6) is 5.75 Å². The van der Waals surface area contributed by atoms with Crippen molar-refractivity contribution >= 4 is 27.2 Å². The third-order valence-corrected chi connectivity index (χ3v) is 6.60. The molecule has 142 valence electrons. The Balaban J connectivity index is 1.73. The second-order valence-corrected chi connectivity index (χ2v) is 8.79. The quantitative estimate of drug-likeness (QED) is 0.753. The van der Waals surface area contributed by atoms with Crippen molar-refractivity contribution in [3.63, 3.8) is 0 Å². The smallest absolute Gasteiger partial charge is 0.329 e. The fraction of sp³-hybridized carbons (Fsp3) is 0.316. The molecule has 2 aliphatic heterocycles. The van der Waals surface area contributed by atoms with Crippen LogP contribution in [0.25, 0.3) is 0 Å². The molecule has 2 amide bonds. The minimum Gasteiger partial charge on any atom is -0.494 e. The highest BCUT2D eigenvalue weighted by Crippen LogP contribution is 2.38. The van der Waals surface area contributed by atoms with Gasteiger partial charge in [0.05, 0.1) is 30.2 Å². The number of benzene rings is 2. The van der Waals surface area contributed by atoms with Gasteiger partial charge in [-0.05, 0) is 55.5 Å². The number of carbonyl (C=O) groups is 1. The predicted molar refractivity (Wildman–Crippen MR) is 101 cm³/mol. The molecule has 2 atom stereocenters. The molecule has 0 spiro atoms. The summed E-state index contributed by atoms with van der Waals surface area (Å²) >= 11 is 0. The van der Waals surface area contributed by atoms with Crippen LogP contribution in [0.3, 0.4) is 0 Å². The summed E-state index contributed by atoms with van der Waals surface area (Å²) in [6.07, 6.45) is 0. The molecule has 0 aliphatic carbocycles. The molecule has 4 rings (SSSR count). The summed E-state index contributed by atoms with van der Waals surface area (Å²) < 4.78 is 43.2. The van der Waals surface area contributed by atoms with Gasteiger partial charge in [0.1, 0.15) is 11.6 Å². The Kier molecular flexibility index (Phi) is 4.30. The Hall–Kier alpha value is -2.61. The number of hydrogen-bond donors (Lipinski definition) is 0. The first-order valence-electron chi connectivity index (χ1n) is 8.71. The van der Waals surface area contributed by atoms with Crippen molar-refractivity contribution in [1.82, 2.24) is 0 Å². The molecule has 2 aliphatic rings. The summed E-state index contributed by atoms with van der Waals surface area (Å²) in [6.45, 7) is 2.41. The van der Waals surface area contributed by atoms with E-state index in [1.807, 2.05) is 6.92 Å². The van der Waals surface area contributed by atoms with Crippen molar-refractivity contribution in [2.75, 3.05) is 27.9 Å². The number of sulfone groups is 1. The molecule has 0 aromatic heterocycles. The SMILES string of the molecule is CCOc1ccc(N2C(=O)N(c3ccc(F)cc3)[C@H]3CS(=O)(=O)C[C@@H]32)cc1. The highest BCUT2D eigenvalue weighted by Gasteiger charge is 2.54. The minimum atomic E-state index is -3.27. The van der Waals surface area contributed by atoms with E-state index in [0.717, 1.165) is 0 Å². The number of nitrogens with zero attached hydrogens (tertiary/aromatic N) is 2. The standard InChI is InChI=1S/C19H19FN2O4S/c1-2-26-16-9-7-15(8-10-16)22-18-12-27(24,25)11-17(18)21(19(22)23)14-5-3-13(20)4-6-14/h3-10,17-18H,2,11-12H2,1H3/t17-,18-/m0/s1. The molecule has 2 aromatic carbocycles. The van der Waals surface area contributed by atoms with Gasteiger partial charge in [0, 0.05) is 11.4 Å². The van der Waals surface area contributed by atoms with Gasteiger partial charge < -0.3 is 4.74 Å². The number of anilines is 2. The lowest BCUT2D eigenvalue weighted by molar-refractivity contribution is 0.255. The van der Waals surface area contributed by atoms with Crippen LogP contribution >= 0.6 is 0 Å². The van der Waals surface area contributed by atoms with E-state index in [2.05, 4.69) is 0 Å². The van der Waals surface area contributed by atoms with E-state index in [1.165, 1.54) is 34.1 Å². The molecule has 0 saturated carbocycles. The molecule has 2 fully saturated rings. The number of fused-ring (bicyclic) bond motifs is 1. The van der Waals surface area contributed by atoms with Crippen LogP contribution in [0, 0.1) is 5.82 Å². The third-order valence-electron chi connectivity index (χ3n) is 4.90. The van der Waals surface area contributed by atoms with Crippen molar-refractivity contribution < 1.29 is 22.3 Å². The van der Waals surface area contributed by atoms with Gasteiger partial charge in [0.2, 0.25) is 0 Å². The Morgan fingerprint density at radius 1 is 0.963 bits per heavy atom. The molecule has 27 heavy (non-hydrogen) atoms. The Morgan fingerprint density at radius 3 is 1.93 bits per heavy atom. The van der Waals surface area contributed by atoms with Gasteiger partial charge >= 0.3 is 6.03 Å². The molecular weight excluding hydrogens is 371 g/mol. The number of carbonyl (C=O) groups excluding carboxylic acids is 1. The van der Waals surface area contributed by atoms with Gasteiger partial charge in [0.15, 0.2) is 9.84 Å². The summed E-state index contributed by atoms with van der Waals surface area (Å²) in [6, 6.07) is 11.2. The van der Waals surface area contributed by atoms with Crippen LogP contribution in [0.1, 0.15) is 6.92 Å². The first-order valence-corrected chi connectivity index (χ1v) is 10.5. The minimum absolute atomic E-state index is 0.0890. The van der Waals surface area contributed by atoms with Gasteiger partial charge in [-0.15, -0.1) is 0 Å². The fourth-order valence-corrected chi connectivity index (χ4v) is 5.70. The van der Waals surface area contributed by atoms with Crippen molar-refractivity contribution in [2.24, 2.45) is 0 Å². The molecule has 6 nitrogen and oxygen atoms in total. The van der Waals surface area contributed by atoms with Crippen LogP contribution in [-0.2, 0) is 9.84 Å². The number of ether oxygens (including phenoxy) is 1. The van der Waals surface area contributed by atoms with E-state index in [4.69, 9.17) is 4.74 Å². The number of halogens is 1. The lowest BCUT2D eigenvalue weighted by Gasteiger charge is -2.23. The lowest BCUT2D eigenvalue weighted by Crippen LogP contribution is -2.37. The monoisotopic (exact) mass is 390 g/mol. The van der Waals surface area contributed by atoms with Crippen LogP contribution in [0.2, 0.25) is 0 Å². The Morgan fingerprint density at radius 2 is 1.44 bits per heavy atom. The largest absolute Gasteiger partial charge is 0.494 e. The summed E-state index contributed by atoms with van der Waals surface area (Å²) in [5.74, 6) is 0.0750. The van der Waals surface area contributed by atoms with E-state index in [-0.39, 0.29) is 17.5 Å². The summed E-state index contributed by atoms with van der Waals surface area (Å²) in [5.41, 5.74) is 1.10. The van der Waals surface area contributed by atoms with E-state index in [9.17, 15) is 17.6 Å². The third kappa shape index (κ3) is 3.14. The second kappa shape index (κ2) is 6.53. The maximum Gasteiger partial charge on any atom is 0.329 e. The molecule has 0 radical (unpaired) electrons. The highest BCUT2D eigenvalue weighted by atomic mass is 32.2. The van der Waals surface area contributed by atoms with E-state index >= 15 is 0 Å². The number of urea groups is 1. The van der Waals surface area contributed by atoms with Gasteiger partial charge in [-0.1, -0.05) is 0 Å². The molecular formula is C19H19FN2O4S. The zero-order valence-electron chi connectivity index (χ0n) is 14.7. The Labute approximate surface area is 157 Å². The first kappa shape index (κ1) is 17.8. The molecule has 8 heteroatoms. The zero-order valence-corrected chi connectivity index (χ0v) is 15.5. The van der Waals surface area contributed by atoms with Gasteiger partial charge in [-0.3, -0.25) is 9.80 Å². The fourth-order valence-electron chi connectivity index (χ4n) is 3.78. The number of rotatable bonds is 4. The topological polar surface area (TPSA) is 66.9 Å². The summed E-state index contributed by atoms with van der Waals surface area (Å²) in [5, 5.41) is 0. The number of amides is 2. The van der Waals surface area contributed by atoms with Gasteiger partial charge in [-0.25, -0.2) is 17.6 Å². The van der Waals surface area contributed by atoms with Crippen molar-refractivity contribution in [3.8, 4) is 5.75 Å². The van der Waals surface area contributed by atoms with Gasteiger partial charge in [0.25, 0.3) is 0 Å². The lowest BCUT2D eigenvalue weighted by atomic mass is 10.1. The maximum absolute atomic E-state index is 13.3. The predicted octanol–water partition coefficient (Wildman–Crippen LogP) is 2.84. The van der Waals surface area contributed by atoms with Gasteiger partial charge in [-0.2, -0.15) is 0 Å². The average Bonchev–Trinajstić information content (AvgIpc) is 3.06.